The van der Waals surface area contributed by atoms with Crippen LogP contribution in [0.2, 0.25) is 0 Å². The molecule has 0 aromatic heterocycles. The summed E-state index contributed by atoms with van der Waals surface area (Å²) in [7, 11) is 0. The summed E-state index contributed by atoms with van der Waals surface area (Å²) in [5.74, 6) is -0.263. The maximum Gasteiger partial charge on any atom is 0.422 e. The van der Waals surface area contributed by atoms with Crippen molar-refractivity contribution in [2.45, 2.75) is 12.2 Å². The molecule has 2 N–H and O–H groups in total. The quantitative estimate of drug-likeness (QED) is 0.886. The average Bonchev–Trinajstić information content (AvgIpc) is 2.46. The molecule has 1 fully saturated rings. The largest absolute Gasteiger partial charge is 0.484 e. The molecule has 1 aromatic rings. The van der Waals surface area contributed by atoms with E-state index in [1.54, 1.807) is 6.07 Å². The predicted octanol–water partition coefficient (Wildman–Crippen LogP) is 1.55. The minimum atomic E-state index is -4.40. The van der Waals surface area contributed by atoms with Crippen LogP contribution >= 0.6 is 0 Å². The lowest BCUT2D eigenvalue weighted by molar-refractivity contribution is -0.153. The average molecular weight is 304 g/mol. The number of alkyl halides is 3. The van der Waals surface area contributed by atoms with Gasteiger partial charge in [-0.15, -0.1) is 0 Å². The van der Waals surface area contributed by atoms with Crippen LogP contribution in [0.1, 0.15) is 0 Å². The van der Waals surface area contributed by atoms with Crippen molar-refractivity contribution in [2.75, 3.05) is 31.7 Å². The highest BCUT2D eigenvalue weighted by Crippen LogP contribution is 2.21. The van der Waals surface area contributed by atoms with Gasteiger partial charge in [0, 0.05) is 18.3 Å². The standard InChI is InChI=1S/C13H15F3N2O3/c14-13(15,16)8-21-10-3-1-2-9(6-10)18-12(19)11-7-20-5-4-17-11/h1-3,6,11,17H,4-5,7-8H2,(H,18,19). The zero-order chi connectivity index (χ0) is 15.3. The Morgan fingerprint density at radius 1 is 1.48 bits per heavy atom. The number of amides is 1. The number of carbonyl (C=O) groups is 1. The van der Waals surface area contributed by atoms with Crippen molar-refractivity contribution in [3.63, 3.8) is 0 Å². The van der Waals surface area contributed by atoms with E-state index < -0.39 is 18.8 Å². The number of carbonyl (C=O) groups excluding carboxylic acids is 1. The molecule has 1 saturated heterocycles. The molecular weight excluding hydrogens is 289 g/mol. The van der Waals surface area contributed by atoms with Crippen molar-refractivity contribution in [2.24, 2.45) is 0 Å². The number of anilines is 1. The molecule has 0 radical (unpaired) electrons. The van der Waals surface area contributed by atoms with E-state index in [1.807, 2.05) is 0 Å². The SMILES string of the molecule is O=C(Nc1cccc(OCC(F)(F)F)c1)C1COCCN1. The van der Waals surface area contributed by atoms with E-state index in [-0.39, 0.29) is 18.3 Å². The fourth-order valence-corrected chi connectivity index (χ4v) is 1.79. The fraction of sp³-hybridized carbons (Fsp3) is 0.462. The number of hydrogen-bond donors (Lipinski definition) is 2. The fourth-order valence-electron chi connectivity index (χ4n) is 1.79. The first-order valence-electron chi connectivity index (χ1n) is 6.36. The summed E-state index contributed by atoms with van der Waals surface area (Å²) in [6.45, 7) is 0.00981. The highest BCUT2D eigenvalue weighted by molar-refractivity contribution is 5.95. The second kappa shape index (κ2) is 6.77. The first-order valence-corrected chi connectivity index (χ1v) is 6.36. The Morgan fingerprint density at radius 2 is 2.29 bits per heavy atom. The topological polar surface area (TPSA) is 59.6 Å². The van der Waals surface area contributed by atoms with Crippen molar-refractivity contribution >= 4 is 11.6 Å². The third kappa shape index (κ3) is 5.24. The summed E-state index contributed by atoms with van der Waals surface area (Å²) < 4.78 is 46.0. The maximum atomic E-state index is 12.1. The number of nitrogens with one attached hydrogen (secondary N) is 2. The Hall–Kier alpha value is -1.80. The van der Waals surface area contributed by atoms with Crippen LogP contribution in [0, 0.1) is 0 Å². The van der Waals surface area contributed by atoms with Gasteiger partial charge >= 0.3 is 6.18 Å². The van der Waals surface area contributed by atoms with Gasteiger partial charge in [0.2, 0.25) is 5.91 Å². The first kappa shape index (κ1) is 15.6. The smallest absolute Gasteiger partial charge is 0.422 e. The molecule has 1 aliphatic rings. The molecule has 116 valence electrons. The van der Waals surface area contributed by atoms with E-state index in [9.17, 15) is 18.0 Å². The molecule has 2 rings (SSSR count). The zero-order valence-corrected chi connectivity index (χ0v) is 11.1. The number of morpholine rings is 1. The molecule has 5 nitrogen and oxygen atoms in total. The van der Waals surface area contributed by atoms with Crippen LogP contribution in [-0.2, 0) is 9.53 Å². The lowest BCUT2D eigenvalue weighted by atomic mass is 10.2. The van der Waals surface area contributed by atoms with Gasteiger partial charge in [-0.05, 0) is 12.1 Å². The Kier molecular flexibility index (Phi) is 5.03. The molecule has 1 aliphatic heterocycles. The summed E-state index contributed by atoms with van der Waals surface area (Å²) in [5, 5.41) is 5.59. The molecule has 1 atom stereocenters. The number of halogens is 3. The molecule has 0 spiro atoms. The summed E-state index contributed by atoms with van der Waals surface area (Å²) in [5.41, 5.74) is 0.368. The summed E-state index contributed by atoms with van der Waals surface area (Å²) in [6, 6.07) is 5.34. The minimum absolute atomic E-state index is 0.0398. The Labute approximate surface area is 119 Å². The Morgan fingerprint density at radius 3 is 2.95 bits per heavy atom. The lowest BCUT2D eigenvalue weighted by Gasteiger charge is -2.23. The van der Waals surface area contributed by atoms with Gasteiger partial charge in [-0.25, -0.2) is 0 Å². The van der Waals surface area contributed by atoms with E-state index in [0.717, 1.165) is 0 Å². The number of ether oxygens (including phenoxy) is 2. The van der Waals surface area contributed by atoms with Gasteiger partial charge in [0.15, 0.2) is 6.61 Å². The van der Waals surface area contributed by atoms with Crippen molar-refractivity contribution in [3.05, 3.63) is 24.3 Å². The van der Waals surface area contributed by atoms with Crippen molar-refractivity contribution in [1.82, 2.24) is 5.32 Å². The second-order valence-corrected chi connectivity index (χ2v) is 4.50. The third-order valence-corrected chi connectivity index (χ3v) is 2.74. The van der Waals surface area contributed by atoms with Gasteiger partial charge < -0.3 is 20.1 Å². The number of rotatable bonds is 4. The normalized spacial score (nSPS) is 19.1. The van der Waals surface area contributed by atoms with Crippen LogP contribution in [0.25, 0.3) is 0 Å². The predicted molar refractivity (Wildman–Crippen MR) is 69.2 cm³/mol. The van der Waals surface area contributed by atoms with E-state index in [0.29, 0.717) is 18.8 Å². The molecule has 1 aromatic carbocycles. The molecule has 1 unspecified atom stereocenters. The maximum absolute atomic E-state index is 12.1. The van der Waals surface area contributed by atoms with Gasteiger partial charge in [0.25, 0.3) is 0 Å². The van der Waals surface area contributed by atoms with E-state index >= 15 is 0 Å². The van der Waals surface area contributed by atoms with Crippen LogP contribution in [0.3, 0.4) is 0 Å². The number of benzene rings is 1. The van der Waals surface area contributed by atoms with Crippen LogP contribution in [-0.4, -0.2) is 44.5 Å². The van der Waals surface area contributed by atoms with E-state index in [2.05, 4.69) is 15.4 Å². The van der Waals surface area contributed by atoms with Crippen LogP contribution in [0.5, 0.6) is 5.75 Å². The van der Waals surface area contributed by atoms with Gasteiger partial charge in [-0.1, -0.05) is 6.07 Å². The highest BCUT2D eigenvalue weighted by Gasteiger charge is 2.28. The molecule has 0 saturated carbocycles. The van der Waals surface area contributed by atoms with Gasteiger partial charge in [-0.3, -0.25) is 4.79 Å². The highest BCUT2D eigenvalue weighted by atomic mass is 19.4. The van der Waals surface area contributed by atoms with E-state index in [1.165, 1.54) is 18.2 Å². The molecular formula is C13H15F3N2O3. The molecule has 1 amide bonds. The van der Waals surface area contributed by atoms with E-state index in [4.69, 9.17) is 4.74 Å². The zero-order valence-electron chi connectivity index (χ0n) is 11.1. The summed E-state index contributed by atoms with van der Waals surface area (Å²) in [6.07, 6.45) is -4.40. The van der Waals surface area contributed by atoms with Gasteiger partial charge in [0.1, 0.15) is 11.8 Å². The molecule has 0 aliphatic carbocycles. The Bertz CT molecular complexity index is 488. The number of hydrogen-bond acceptors (Lipinski definition) is 4. The molecule has 8 heteroatoms. The lowest BCUT2D eigenvalue weighted by Crippen LogP contribution is -2.48. The summed E-state index contributed by atoms with van der Waals surface area (Å²) >= 11 is 0. The summed E-state index contributed by atoms with van der Waals surface area (Å²) in [4.78, 5) is 11.9. The van der Waals surface area contributed by atoms with Crippen molar-refractivity contribution < 1.29 is 27.4 Å². The Balaban J connectivity index is 1.92. The van der Waals surface area contributed by atoms with Crippen LogP contribution in [0.4, 0.5) is 18.9 Å². The molecule has 1 heterocycles. The molecule has 0 bridgehead atoms. The minimum Gasteiger partial charge on any atom is -0.484 e. The van der Waals surface area contributed by atoms with Gasteiger partial charge in [-0.2, -0.15) is 13.2 Å². The van der Waals surface area contributed by atoms with Crippen molar-refractivity contribution in [1.29, 1.82) is 0 Å². The van der Waals surface area contributed by atoms with Crippen LogP contribution in [0.15, 0.2) is 24.3 Å². The monoisotopic (exact) mass is 304 g/mol. The van der Waals surface area contributed by atoms with Gasteiger partial charge in [0.05, 0.1) is 13.2 Å². The van der Waals surface area contributed by atoms with Crippen molar-refractivity contribution in [3.8, 4) is 5.75 Å². The third-order valence-electron chi connectivity index (χ3n) is 2.74. The first-order chi connectivity index (χ1) is 9.94. The second-order valence-electron chi connectivity index (χ2n) is 4.50. The van der Waals surface area contributed by atoms with Crippen LogP contribution < -0.4 is 15.4 Å². The molecule has 21 heavy (non-hydrogen) atoms.